The van der Waals surface area contributed by atoms with Gasteiger partial charge in [0.15, 0.2) is 0 Å². The topological polar surface area (TPSA) is 186 Å². The SMILES string of the molecule is CC[C@@H]1C[C@@H](C)CCC=C[C@@H]2C[C@@]2(C(=O)NS(=O)(=O)C2(C)CC2)NC(=O)[C@@H]2C[C@@H](Oc3ncc(N4CCOCC4)c4ccccc34)CN2C(=O)[C@H]1NC(=O)OC(C)(C)C(F)(F)F. The van der Waals surface area contributed by atoms with Crippen molar-refractivity contribution >= 4 is 50.3 Å². The average Bonchev–Trinajstić information content (AvgIpc) is 4.10. The smallest absolute Gasteiger partial charge is 0.427 e. The number of nitrogens with one attached hydrogen (secondary N) is 3. The summed E-state index contributed by atoms with van der Waals surface area (Å²) < 4.78 is 86.2. The highest BCUT2D eigenvalue weighted by Gasteiger charge is 2.63. The Kier molecular flexibility index (Phi) is 12.5. The quantitative estimate of drug-likeness (QED) is 0.284. The summed E-state index contributed by atoms with van der Waals surface area (Å²) in [4.78, 5) is 65.1. The minimum atomic E-state index is -4.91. The van der Waals surface area contributed by atoms with E-state index in [0.29, 0.717) is 84.1 Å². The fraction of sp³-hybridized carbons (Fsp3) is 0.651. The molecule has 4 heterocycles. The van der Waals surface area contributed by atoms with E-state index >= 15 is 4.79 Å². The van der Waals surface area contributed by atoms with Crippen molar-refractivity contribution in [3.8, 4) is 5.88 Å². The second-order valence-electron chi connectivity index (χ2n) is 18.3. The molecule has 15 nitrogen and oxygen atoms in total. The van der Waals surface area contributed by atoms with Gasteiger partial charge in [0.2, 0.25) is 33.3 Å². The average molecular weight is 891 g/mol. The van der Waals surface area contributed by atoms with E-state index in [4.69, 9.17) is 14.2 Å². The lowest BCUT2D eigenvalue weighted by Crippen LogP contribution is -2.60. The van der Waals surface area contributed by atoms with Crippen LogP contribution in [0, 0.1) is 17.8 Å². The van der Waals surface area contributed by atoms with Crippen molar-refractivity contribution in [1.82, 2.24) is 25.2 Å². The number of halogens is 3. The molecule has 7 atom stereocenters. The van der Waals surface area contributed by atoms with Crippen molar-refractivity contribution in [2.75, 3.05) is 37.7 Å². The molecule has 0 radical (unpaired) electrons. The fourth-order valence-corrected chi connectivity index (χ4v) is 10.0. The van der Waals surface area contributed by atoms with Gasteiger partial charge in [-0.3, -0.25) is 19.1 Å². The molecule has 2 saturated carbocycles. The predicted molar refractivity (Wildman–Crippen MR) is 222 cm³/mol. The highest BCUT2D eigenvalue weighted by molar-refractivity contribution is 7.91. The van der Waals surface area contributed by atoms with Gasteiger partial charge in [0.05, 0.1) is 36.4 Å². The van der Waals surface area contributed by atoms with Gasteiger partial charge in [-0.25, -0.2) is 18.2 Å². The van der Waals surface area contributed by atoms with Gasteiger partial charge in [-0.2, -0.15) is 13.2 Å². The standard InChI is InChI=1S/C43H57F3N6O9S/c1-6-27-21-26(2)11-7-8-12-28-23-42(28,38(55)50-62(57,58)41(5)15-16-41)49-35(53)32-22-29(25-52(32)37(54)34(27)48-39(56)61-40(3,4)43(44,45)46)60-36-31-14-10-9-13-30(31)33(24-47-36)51-17-19-59-20-18-51/h8-10,12-14,24,26-29,32,34H,6-7,11,15-23,25H2,1-5H3,(H,48,56)(H,49,53)(H,50,55)/t26-,27+,28+,29+,32-,34-,42+/m0/s1. The number of ether oxygens (including phenoxy) is 3. The van der Waals surface area contributed by atoms with Gasteiger partial charge in [0, 0.05) is 36.2 Å². The first-order valence-corrected chi connectivity index (χ1v) is 23.0. The highest BCUT2D eigenvalue weighted by Crippen LogP contribution is 2.48. The Labute approximate surface area is 359 Å². The second kappa shape index (κ2) is 17.1. The van der Waals surface area contributed by atoms with Gasteiger partial charge in [-0.15, -0.1) is 0 Å². The molecule has 1 aromatic carbocycles. The fourth-order valence-electron chi connectivity index (χ4n) is 8.72. The van der Waals surface area contributed by atoms with Crippen LogP contribution in [0.4, 0.5) is 23.7 Å². The molecule has 340 valence electrons. The predicted octanol–water partition coefficient (Wildman–Crippen LogP) is 5.13. The number of carbonyl (C=O) groups is 4. The van der Waals surface area contributed by atoms with Crippen molar-refractivity contribution in [3.63, 3.8) is 0 Å². The first-order chi connectivity index (χ1) is 29.2. The van der Waals surface area contributed by atoms with E-state index in [2.05, 4.69) is 25.2 Å². The molecule has 2 aliphatic carbocycles. The maximum atomic E-state index is 15.0. The van der Waals surface area contributed by atoms with E-state index in [1.54, 1.807) is 19.2 Å². The first kappa shape index (κ1) is 45.4. The van der Waals surface area contributed by atoms with Gasteiger partial charge in [0.1, 0.15) is 23.7 Å². The zero-order valence-corrected chi connectivity index (χ0v) is 36.6. The lowest BCUT2D eigenvalue weighted by atomic mass is 9.85. The van der Waals surface area contributed by atoms with Gasteiger partial charge >= 0.3 is 12.3 Å². The van der Waals surface area contributed by atoms with Crippen molar-refractivity contribution < 1.29 is 55.0 Å². The second-order valence-corrected chi connectivity index (χ2v) is 20.5. The molecule has 3 aliphatic heterocycles. The number of hydrogen-bond donors (Lipinski definition) is 3. The zero-order valence-electron chi connectivity index (χ0n) is 35.8. The third-order valence-corrected chi connectivity index (χ3v) is 15.4. The Morgan fingerprint density at radius 2 is 1.77 bits per heavy atom. The van der Waals surface area contributed by atoms with Gasteiger partial charge in [-0.1, -0.05) is 50.6 Å². The molecular formula is C43H57F3N6O9S. The molecule has 3 N–H and O–H groups in total. The van der Waals surface area contributed by atoms with E-state index in [1.165, 1.54) is 4.90 Å². The molecule has 2 saturated heterocycles. The molecule has 0 bridgehead atoms. The number of hydrogen-bond acceptors (Lipinski definition) is 11. The van der Waals surface area contributed by atoms with Gasteiger partial charge in [-0.05, 0) is 77.2 Å². The van der Waals surface area contributed by atoms with Crippen molar-refractivity contribution in [2.24, 2.45) is 17.8 Å². The Morgan fingerprint density at radius 1 is 1.08 bits per heavy atom. The molecule has 0 spiro atoms. The zero-order chi connectivity index (χ0) is 44.8. The normalized spacial score (nSPS) is 29.4. The van der Waals surface area contributed by atoms with Crippen molar-refractivity contribution in [2.45, 2.75) is 126 Å². The number of allylic oxidation sites excluding steroid dienone is 1. The summed E-state index contributed by atoms with van der Waals surface area (Å²) in [6, 6.07) is 4.80. The number of benzene rings is 1. The third kappa shape index (κ3) is 9.19. The summed E-state index contributed by atoms with van der Waals surface area (Å²) in [6.45, 7) is 8.99. The summed E-state index contributed by atoms with van der Waals surface area (Å²) in [5, 5.41) is 6.83. The van der Waals surface area contributed by atoms with Crippen LogP contribution in [-0.4, -0.2) is 115 Å². The summed E-state index contributed by atoms with van der Waals surface area (Å²) in [6.07, 6.45) is 0.843. The minimum Gasteiger partial charge on any atom is -0.472 e. The highest BCUT2D eigenvalue weighted by atomic mass is 32.2. The Bertz CT molecular complexity index is 2200. The number of alkyl halides is 3. The van der Waals surface area contributed by atoms with E-state index < -0.39 is 85.9 Å². The summed E-state index contributed by atoms with van der Waals surface area (Å²) >= 11 is 0. The molecule has 4 amide bonds. The Morgan fingerprint density at radius 3 is 2.44 bits per heavy atom. The summed E-state index contributed by atoms with van der Waals surface area (Å²) in [5.41, 5.74) is -3.65. The van der Waals surface area contributed by atoms with Crippen molar-refractivity contribution in [3.05, 3.63) is 42.6 Å². The number of morpholine rings is 1. The molecular weight excluding hydrogens is 834 g/mol. The number of amides is 4. The van der Waals surface area contributed by atoms with Crippen LogP contribution in [0.1, 0.15) is 86.0 Å². The van der Waals surface area contributed by atoms with Crippen LogP contribution in [0.25, 0.3) is 10.8 Å². The van der Waals surface area contributed by atoms with Crippen LogP contribution in [-0.2, 0) is 33.9 Å². The number of fused-ring (bicyclic) bond motifs is 3. The minimum absolute atomic E-state index is 0.0313. The van der Waals surface area contributed by atoms with Crippen LogP contribution < -0.4 is 25.0 Å². The molecule has 5 aliphatic rings. The number of anilines is 1. The maximum absolute atomic E-state index is 15.0. The van der Waals surface area contributed by atoms with E-state index in [1.807, 2.05) is 44.2 Å². The lowest BCUT2D eigenvalue weighted by molar-refractivity contribution is -0.244. The molecule has 19 heteroatoms. The number of aromatic nitrogens is 1. The number of sulfonamides is 1. The number of pyridine rings is 1. The van der Waals surface area contributed by atoms with Gasteiger partial charge < -0.3 is 34.6 Å². The van der Waals surface area contributed by atoms with Crippen molar-refractivity contribution in [1.29, 1.82) is 0 Å². The monoisotopic (exact) mass is 890 g/mol. The van der Waals surface area contributed by atoms with Crippen LogP contribution in [0.5, 0.6) is 5.88 Å². The number of nitrogens with zero attached hydrogens (tertiary/aromatic N) is 3. The molecule has 2 aromatic rings. The first-order valence-electron chi connectivity index (χ1n) is 21.5. The molecule has 1 aromatic heterocycles. The number of alkyl carbamates (subject to hydrolysis) is 1. The van der Waals surface area contributed by atoms with E-state index in [9.17, 15) is 36.0 Å². The van der Waals surface area contributed by atoms with Gasteiger partial charge in [0.25, 0.3) is 5.91 Å². The maximum Gasteiger partial charge on any atom is 0.427 e. The van der Waals surface area contributed by atoms with E-state index in [0.717, 1.165) is 11.1 Å². The lowest BCUT2D eigenvalue weighted by Gasteiger charge is -2.35. The molecule has 4 fully saturated rings. The number of carbonyl (C=O) groups excluding carboxylic acids is 4. The van der Waals surface area contributed by atoms with Crippen LogP contribution >= 0.6 is 0 Å². The van der Waals surface area contributed by atoms with Crippen LogP contribution in [0.3, 0.4) is 0 Å². The summed E-state index contributed by atoms with van der Waals surface area (Å²) in [7, 11) is -4.08. The number of rotatable bonds is 9. The Hall–Kier alpha value is -4.65. The summed E-state index contributed by atoms with van der Waals surface area (Å²) in [5.74, 6) is -3.31. The van der Waals surface area contributed by atoms with E-state index in [-0.39, 0.29) is 31.2 Å². The van der Waals surface area contributed by atoms with Crippen LogP contribution in [0.15, 0.2) is 42.6 Å². The third-order valence-electron chi connectivity index (χ3n) is 13.3. The van der Waals surface area contributed by atoms with Crippen LogP contribution in [0.2, 0.25) is 0 Å². The Balaban J connectivity index is 1.24. The molecule has 0 unspecified atom stereocenters. The largest absolute Gasteiger partial charge is 0.472 e. The molecule has 62 heavy (non-hydrogen) atoms. The molecule has 7 rings (SSSR count).